The lowest BCUT2D eigenvalue weighted by molar-refractivity contribution is 0.243. The molecular weight excluding hydrogens is 237 g/mol. The maximum atomic E-state index is 13.2. The van der Waals surface area contributed by atoms with Gasteiger partial charge in [0.05, 0.1) is 5.02 Å². The first-order valence-electron chi connectivity index (χ1n) is 6.22. The molecule has 0 aromatic heterocycles. The van der Waals surface area contributed by atoms with Gasteiger partial charge in [0.25, 0.3) is 0 Å². The lowest BCUT2D eigenvalue weighted by Gasteiger charge is -2.24. The average Bonchev–Trinajstić information content (AvgIpc) is 2.85. The number of fused-ring (bicyclic) bond motifs is 1. The Morgan fingerprint density at radius 3 is 2.82 bits per heavy atom. The fourth-order valence-electron chi connectivity index (χ4n) is 3.17. The van der Waals surface area contributed by atoms with Crippen molar-refractivity contribution in [2.24, 2.45) is 5.92 Å². The highest BCUT2D eigenvalue weighted by Crippen LogP contribution is 2.59. The maximum absolute atomic E-state index is 13.2. The molecule has 2 fully saturated rings. The Morgan fingerprint density at radius 2 is 2.24 bits per heavy atom. The number of nitrogens with zero attached hydrogens (tertiary/aromatic N) is 1. The summed E-state index contributed by atoms with van der Waals surface area (Å²) in [6.45, 7) is 6.73. The van der Waals surface area contributed by atoms with Crippen LogP contribution in [0.1, 0.15) is 25.8 Å². The summed E-state index contributed by atoms with van der Waals surface area (Å²) in [6.07, 6.45) is 1.23. The van der Waals surface area contributed by atoms with Crippen LogP contribution in [0.15, 0.2) is 18.2 Å². The van der Waals surface area contributed by atoms with Gasteiger partial charge in [0.1, 0.15) is 5.82 Å². The van der Waals surface area contributed by atoms with E-state index >= 15 is 0 Å². The van der Waals surface area contributed by atoms with Crippen LogP contribution < -0.4 is 0 Å². The van der Waals surface area contributed by atoms with Crippen LogP contribution in [0.25, 0.3) is 0 Å². The second-order valence-corrected chi connectivity index (χ2v) is 6.12. The van der Waals surface area contributed by atoms with Crippen LogP contribution >= 0.6 is 11.6 Å². The Kier molecular flexibility index (Phi) is 2.50. The number of halogens is 2. The number of hydrogen-bond acceptors (Lipinski definition) is 1. The summed E-state index contributed by atoms with van der Waals surface area (Å²) in [7, 11) is 0. The average molecular weight is 254 g/mol. The van der Waals surface area contributed by atoms with Crippen molar-refractivity contribution < 1.29 is 4.39 Å². The molecule has 1 saturated heterocycles. The Labute approximate surface area is 107 Å². The van der Waals surface area contributed by atoms with Crippen molar-refractivity contribution in [3.63, 3.8) is 0 Å². The van der Waals surface area contributed by atoms with Gasteiger partial charge in [0, 0.05) is 24.5 Å². The van der Waals surface area contributed by atoms with E-state index in [9.17, 15) is 4.39 Å². The second-order valence-electron chi connectivity index (χ2n) is 5.71. The minimum absolute atomic E-state index is 0.255. The highest BCUT2D eigenvalue weighted by atomic mass is 35.5. The van der Waals surface area contributed by atoms with E-state index in [4.69, 9.17) is 11.6 Å². The molecular formula is C14H17ClFN. The van der Waals surface area contributed by atoms with Crippen molar-refractivity contribution in [3.8, 4) is 0 Å². The summed E-state index contributed by atoms with van der Waals surface area (Å²) in [6, 6.07) is 5.82. The lowest BCUT2D eigenvalue weighted by atomic mass is 9.95. The van der Waals surface area contributed by atoms with Gasteiger partial charge in [-0.3, -0.25) is 4.90 Å². The Balaban J connectivity index is 1.88. The molecule has 1 nitrogen and oxygen atoms in total. The number of rotatable bonds is 2. The summed E-state index contributed by atoms with van der Waals surface area (Å²) in [5.41, 5.74) is 1.48. The summed E-state index contributed by atoms with van der Waals surface area (Å²) in [4.78, 5) is 2.51. The number of hydrogen-bond donors (Lipinski definition) is 0. The molecule has 92 valence electrons. The second kappa shape index (κ2) is 3.69. The Morgan fingerprint density at radius 1 is 1.47 bits per heavy atom. The van der Waals surface area contributed by atoms with Gasteiger partial charge in [-0.25, -0.2) is 4.39 Å². The van der Waals surface area contributed by atoms with Crippen molar-refractivity contribution in [2.75, 3.05) is 13.1 Å². The molecule has 1 aromatic rings. The van der Waals surface area contributed by atoms with Gasteiger partial charge in [0.2, 0.25) is 0 Å². The SMILES string of the molecule is CC(C)N1C[C@@H]2C[C@]2(c2ccc(F)c(Cl)c2)C1. The Bertz CT molecular complexity index is 460. The topological polar surface area (TPSA) is 3.24 Å². The van der Waals surface area contributed by atoms with Crippen molar-refractivity contribution >= 4 is 11.6 Å². The molecule has 1 aliphatic carbocycles. The molecule has 3 rings (SSSR count). The van der Waals surface area contributed by atoms with Crippen LogP contribution in [-0.4, -0.2) is 24.0 Å². The van der Waals surface area contributed by atoms with E-state index < -0.39 is 0 Å². The lowest BCUT2D eigenvalue weighted by Crippen LogP contribution is -2.32. The van der Waals surface area contributed by atoms with Gasteiger partial charge < -0.3 is 0 Å². The number of benzene rings is 1. The van der Waals surface area contributed by atoms with Crippen molar-refractivity contribution in [2.45, 2.75) is 31.7 Å². The van der Waals surface area contributed by atoms with Crippen molar-refractivity contribution in [1.29, 1.82) is 0 Å². The standard InChI is InChI=1S/C14H17ClFN/c1-9(2)17-7-11-6-14(11,8-17)10-3-4-13(16)12(15)5-10/h3-5,9,11H,6-8H2,1-2H3/t11-,14+/m0/s1. The molecule has 17 heavy (non-hydrogen) atoms. The van der Waals surface area contributed by atoms with E-state index in [0.29, 0.717) is 6.04 Å². The van der Waals surface area contributed by atoms with Crippen molar-refractivity contribution in [3.05, 3.63) is 34.6 Å². The molecule has 2 atom stereocenters. The Hall–Kier alpha value is -0.600. The number of likely N-dealkylation sites (tertiary alicyclic amines) is 1. The van der Waals surface area contributed by atoms with Crippen molar-refractivity contribution in [1.82, 2.24) is 4.90 Å². The van der Waals surface area contributed by atoms with E-state index in [1.165, 1.54) is 24.6 Å². The molecule has 1 aliphatic heterocycles. The van der Waals surface area contributed by atoms with Crippen LogP contribution in [-0.2, 0) is 5.41 Å². The van der Waals surface area contributed by atoms with E-state index in [2.05, 4.69) is 18.7 Å². The van der Waals surface area contributed by atoms with E-state index in [1.807, 2.05) is 12.1 Å². The molecule has 1 heterocycles. The third-order valence-electron chi connectivity index (χ3n) is 4.40. The van der Waals surface area contributed by atoms with Gasteiger partial charge in [-0.2, -0.15) is 0 Å². The van der Waals surface area contributed by atoms with Gasteiger partial charge in [-0.1, -0.05) is 17.7 Å². The number of piperidine rings is 1. The molecule has 0 unspecified atom stereocenters. The molecule has 1 aromatic carbocycles. The van der Waals surface area contributed by atoms with Gasteiger partial charge in [-0.05, 0) is 43.9 Å². The zero-order valence-corrected chi connectivity index (χ0v) is 11.0. The van der Waals surface area contributed by atoms with Crippen LogP contribution in [0.5, 0.6) is 0 Å². The highest BCUT2D eigenvalue weighted by molar-refractivity contribution is 6.30. The predicted molar refractivity (Wildman–Crippen MR) is 67.9 cm³/mol. The fraction of sp³-hybridized carbons (Fsp3) is 0.571. The third-order valence-corrected chi connectivity index (χ3v) is 4.69. The predicted octanol–water partition coefficient (Wildman–Crippen LogP) is 3.46. The third kappa shape index (κ3) is 1.69. The van der Waals surface area contributed by atoms with E-state index in [1.54, 1.807) is 0 Å². The molecule has 0 bridgehead atoms. The van der Waals surface area contributed by atoms with E-state index in [-0.39, 0.29) is 16.3 Å². The first-order valence-corrected chi connectivity index (χ1v) is 6.60. The van der Waals surface area contributed by atoms with E-state index in [0.717, 1.165) is 12.5 Å². The summed E-state index contributed by atoms with van der Waals surface area (Å²) >= 11 is 5.88. The van der Waals surface area contributed by atoms with Crippen LogP contribution in [0.3, 0.4) is 0 Å². The normalized spacial score (nSPS) is 31.9. The maximum Gasteiger partial charge on any atom is 0.141 e. The molecule has 2 aliphatic rings. The van der Waals surface area contributed by atoms with Crippen LogP contribution in [0.4, 0.5) is 4.39 Å². The van der Waals surface area contributed by atoms with Crippen LogP contribution in [0.2, 0.25) is 5.02 Å². The summed E-state index contributed by atoms with van der Waals surface area (Å²) in [5, 5.41) is 0.255. The monoisotopic (exact) mass is 253 g/mol. The minimum atomic E-state index is -0.317. The summed E-state index contributed by atoms with van der Waals surface area (Å²) < 4.78 is 13.2. The highest BCUT2D eigenvalue weighted by Gasteiger charge is 2.60. The quantitative estimate of drug-likeness (QED) is 0.780. The van der Waals surface area contributed by atoms with Gasteiger partial charge in [-0.15, -0.1) is 0 Å². The molecule has 3 heteroatoms. The molecule has 1 saturated carbocycles. The molecule has 0 spiro atoms. The molecule has 0 N–H and O–H groups in total. The van der Waals surface area contributed by atoms with Gasteiger partial charge in [0.15, 0.2) is 0 Å². The first kappa shape index (κ1) is 11.5. The first-order chi connectivity index (χ1) is 8.03. The molecule has 0 amide bonds. The fourth-order valence-corrected chi connectivity index (χ4v) is 3.35. The minimum Gasteiger partial charge on any atom is -0.300 e. The zero-order chi connectivity index (χ0) is 12.2. The largest absolute Gasteiger partial charge is 0.300 e. The zero-order valence-electron chi connectivity index (χ0n) is 10.2. The smallest absolute Gasteiger partial charge is 0.141 e. The van der Waals surface area contributed by atoms with Crippen LogP contribution in [0, 0.1) is 11.7 Å². The summed E-state index contributed by atoms with van der Waals surface area (Å²) in [5.74, 6) is 0.425. The molecule has 0 radical (unpaired) electrons. The van der Waals surface area contributed by atoms with Gasteiger partial charge >= 0.3 is 0 Å².